The number of hydrogen-bond acceptors (Lipinski definition) is 1. The van der Waals surface area contributed by atoms with Gasteiger partial charge in [-0.1, -0.05) is 47.6 Å². The largest absolute Gasteiger partial charge is 0.507 e. The van der Waals surface area contributed by atoms with Crippen LogP contribution in [0.25, 0.3) is 0 Å². The molecular formula is C21H29NOP+. The molecule has 0 amide bonds. The highest BCUT2D eigenvalue weighted by molar-refractivity contribution is 7.56. The van der Waals surface area contributed by atoms with Gasteiger partial charge in [0.05, 0.1) is 0 Å². The number of phenols is 1. The minimum Gasteiger partial charge on any atom is -0.507 e. The van der Waals surface area contributed by atoms with Crippen LogP contribution in [0.15, 0.2) is 30.3 Å². The van der Waals surface area contributed by atoms with Gasteiger partial charge in [0, 0.05) is 16.4 Å². The first-order chi connectivity index (χ1) is 11.1. The zero-order valence-corrected chi connectivity index (χ0v) is 16.9. The van der Waals surface area contributed by atoms with Gasteiger partial charge < -0.3 is 5.11 Å². The van der Waals surface area contributed by atoms with Crippen LogP contribution in [0.3, 0.4) is 0 Å². The molecule has 2 aromatic carbocycles. The summed E-state index contributed by atoms with van der Waals surface area (Å²) in [5, 5.41) is 13.2. The lowest BCUT2D eigenvalue weighted by Crippen LogP contribution is -2.18. The van der Waals surface area contributed by atoms with Crippen LogP contribution in [0.1, 0.15) is 43.0 Å². The average molecular weight is 342 g/mol. The van der Waals surface area contributed by atoms with Crippen LogP contribution in [-0.4, -0.2) is 30.0 Å². The van der Waals surface area contributed by atoms with Gasteiger partial charge in [-0.2, -0.15) is 0 Å². The molecule has 0 fully saturated rings. The van der Waals surface area contributed by atoms with Gasteiger partial charge in [-0.3, -0.25) is 0 Å². The topological polar surface area (TPSA) is 23.2 Å². The minimum atomic E-state index is -0.0698. The third kappa shape index (κ3) is 4.24. The monoisotopic (exact) mass is 342 g/mol. The zero-order chi connectivity index (χ0) is 18.1. The molecule has 0 spiro atoms. The first-order valence-corrected chi connectivity index (χ1v) is 9.31. The smallest absolute Gasteiger partial charge is 0.170 e. The molecule has 0 aromatic heterocycles. The summed E-state index contributed by atoms with van der Waals surface area (Å²) in [6, 6.07) is 10.6. The maximum atomic E-state index is 10.9. The predicted octanol–water partition coefficient (Wildman–Crippen LogP) is 3.63. The molecule has 0 aliphatic carbocycles. The summed E-state index contributed by atoms with van der Waals surface area (Å²) in [4.78, 5) is 0. The van der Waals surface area contributed by atoms with Crippen molar-refractivity contribution in [3.8, 4) is 5.75 Å². The molecule has 2 nitrogen and oxygen atoms in total. The number of aromatic hydroxyl groups is 1. The molecule has 1 unspecified atom stereocenters. The van der Waals surface area contributed by atoms with Crippen molar-refractivity contribution in [2.75, 3.05) is 14.1 Å². The van der Waals surface area contributed by atoms with E-state index in [-0.39, 0.29) is 5.41 Å². The number of benzene rings is 2. The van der Waals surface area contributed by atoms with E-state index in [2.05, 4.69) is 75.7 Å². The van der Waals surface area contributed by atoms with Crippen LogP contribution >= 0.6 is 8.58 Å². The quantitative estimate of drug-likeness (QED) is 0.514. The summed E-state index contributed by atoms with van der Waals surface area (Å²) < 4.78 is 2.07. The Hall–Kier alpha value is -1.66. The summed E-state index contributed by atoms with van der Waals surface area (Å²) in [6.45, 7) is 10.7. The highest BCUT2D eigenvalue weighted by Crippen LogP contribution is 2.33. The van der Waals surface area contributed by atoms with Crippen LogP contribution in [-0.2, 0) is 5.41 Å². The fourth-order valence-corrected chi connectivity index (χ4v) is 4.22. The van der Waals surface area contributed by atoms with E-state index in [0.29, 0.717) is 14.3 Å². The molecule has 3 heteroatoms. The molecule has 0 aliphatic heterocycles. The Morgan fingerprint density at radius 2 is 1.75 bits per heavy atom. The summed E-state index contributed by atoms with van der Waals surface area (Å²) in [5.41, 5.74) is 4.64. The van der Waals surface area contributed by atoms with Crippen molar-refractivity contribution in [3.05, 3.63) is 52.6 Å². The molecule has 0 saturated heterocycles. The van der Waals surface area contributed by atoms with Crippen molar-refractivity contribution in [2.24, 2.45) is 0 Å². The van der Waals surface area contributed by atoms with Crippen LogP contribution in [0.4, 0.5) is 0 Å². The average Bonchev–Trinajstić information content (AvgIpc) is 2.44. The Kier molecular flexibility index (Phi) is 5.50. The summed E-state index contributed by atoms with van der Waals surface area (Å²) in [7, 11) is 4.51. The van der Waals surface area contributed by atoms with Crippen molar-refractivity contribution in [2.45, 2.75) is 40.0 Å². The number of rotatable bonds is 3. The van der Waals surface area contributed by atoms with E-state index in [1.165, 1.54) is 22.0 Å². The van der Waals surface area contributed by atoms with Gasteiger partial charge in [0.2, 0.25) is 0 Å². The Morgan fingerprint density at radius 1 is 1.08 bits per heavy atom. The first kappa shape index (κ1) is 18.7. The number of phenolic OH excluding ortho intramolecular Hbond substituents is 1. The fraction of sp³-hybridized carbons (Fsp3) is 0.381. The molecule has 0 bridgehead atoms. The third-order valence-electron chi connectivity index (χ3n) is 4.02. The molecule has 2 aromatic rings. The Morgan fingerprint density at radius 3 is 2.33 bits per heavy atom. The van der Waals surface area contributed by atoms with Crippen LogP contribution in [0, 0.1) is 13.8 Å². The molecule has 24 heavy (non-hydrogen) atoms. The molecular weight excluding hydrogens is 313 g/mol. The molecule has 128 valence electrons. The maximum absolute atomic E-state index is 10.9. The van der Waals surface area contributed by atoms with Crippen molar-refractivity contribution in [1.82, 2.24) is 0 Å². The normalized spacial score (nSPS) is 12.0. The Bertz CT molecular complexity index is 781. The van der Waals surface area contributed by atoms with Gasteiger partial charge in [-0.25, -0.2) is 4.58 Å². The second-order valence-corrected chi connectivity index (χ2v) is 9.00. The predicted molar refractivity (Wildman–Crippen MR) is 108 cm³/mol. The van der Waals surface area contributed by atoms with Crippen molar-refractivity contribution in [1.29, 1.82) is 0 Å². The van der Waals surface area contributed by atoms with Gasteiger partial charge in [0.15, 0.2) is 6.21 Å². The van der Waals surface area contributed by atoms with E-state index >= 15 is 0 Å². The number of nitrogens with zero attached hydrogens (tertiary/aromatic N) is 1. The molecule has 0 saturated carbocycles. The lowest BCUT2D eigenvalue weighted by molar-refractivity contribution is -0.458. The molecule has 0 radical (unpaired) electrons. The lowest BCUT2D eigenvalue weighted by Gasteiger charge is -2.23. The lowest BCUT2D eigenvalue weighted by atomic mass is 9.85. The van der Waals surface area contributed by atoms with Gasteiger partial charge in [0.25, 0.3) is 0 Å². The Labute approximate surface area is 148 Å². The Balaban J connectivity index is 2.58. The SMILES string of the molecule is Cc1cc(Pc2c(C)cccc2C=[N+](C)C)c(O)c(C(C)(C)C)c1. The summed E-state index contributed by atoms with van der Waals surface area (Å²) in [6.07, 6.45) is 2.15. The fourth-order valence-electron chi connectivity index (χ4n) is 2.83. The molecule has 1 atom stereocenters. The van der Waals surface area contributed by atoms with Gasteiger partial charge in [-0.05, 0) is 47.8 Å². The van der Waals surface area contributed by atoms with Crippen LogP contribution in [0.2, 0.25) is 0 Å². The summed E-state index contributed by atoms with van der Waals surface area (Å²) in [5.74, 6) is 0.450. The highest BCUT2D eigenvalue weighted by atomic mass is 31.1. The van der Waals surface area contributed by atoms with Crippen molar-refractivity contribution >= 4 is 25.4 Å². The van der Waals surface area contributed by atoms with Gasteiger partial charge in [-0.15, -0.1) is 0 Å². The standard InChI is InChI=1S/C21H28NOP/c1-14-11-17(21(3,4)5)19(23)18(12-14)24-20-15(2)9-8-10-16(20)13-22(6)7/h8-13,24H,1-7H3/p+1. The number of aryl methyl sites for hydroxylation is 2. The van der Waals surface area contributed by atoms with E-state index in [4.69, 9.17) is 0 Å². The highest BCUT2D eigenvalue weighted by Gasteiger charge is 2.21. The first-order valence-electron chi connectivity index (χ1n) is 8.31. The van der Waals surface area contributed by atoms with E-state index in [0.717, 1.165) is 10.9 Å². The zero-order valence-electron chi connectivity index (χ0n) is 15.9. The van der Waals surface area contributed by atoms with E-state index in [1.807, 2.05) is 14.1 Å². The maximum Gasteiger partial charge on any atom is 0.170 e. The number of hydrogen-bond donors (Lipinski definition) is 1. The second kappa shape index (κ2) is 7.07. The van der Waals surface area contributed by atoms with E-state index in [1.54, 1.807) is 0 Å². The minimum absolute atomic E-state index is 0.0698. The molecule has 0 aliphatic rings. The van der Waals surface area contributed by atoms with E-state index in [9.17, 15) is 5.11 Å². The van der Waals surface area contributed by atoms with Crippen molar-refractivity contribution < 1.29 is 9.68 Å². The van der Waals surface area contributed by atoms with Crippen LogP contribution < -0.4 is 10.6 Å². The van der Waals surface area contributed by atoms with Gasteiger partial charge >= 0.3 is 0 Å². The van der Waals surface area contributed by atoms with Gasteiger partial charge in [0.1, 0.15) is 19.8 Å². The molecule has 0 heterocycles. The molecule has 1 N–H and O–H groups in total. The van der Waals surface area contributed by atoms with Crippen molar-refractivity contribution in [3.63, 3.8) is 0 Å². The van der Waals surface area contributed by atoms with E-state index < -0.39 is 0 Å². The summed E-state index contributed by atoms with van der Waals surface area (Å²) >= 11 is 0. The van der Waals surface area contributed by atoms with Crippen LogP contribution in [0.5, 0.6) is 5.75 Å². The molecule has 2 rings (SSSR count). The second-order valence-electron chi connectivity index (χ2n) is 7.72. The third-order valence-corrected chi connectivity index (χ3v) is 5.61.